The Morgan fingerprint density at radius 2 is 1.55 bits per heavy atom. The quantitative estimate of drug-likeness (QED) is 0.477. The van der Waals surface area contributed by atoms with Gasteiger partial charge in [0.15, 0.2) is 0 Å². The molecule has 0 radical (unpaired) electrons. The highest BCUT2D eigenvalue weighted by Gasteiger charge is 2.28. The summed E-state index contributed by atoms with van der Waals surface area (Å²) < 4.78 is 33.7. The summed E-state index contributed by atoms with van der Waals surface area (Å²) in [5.41, 5.74) is 4.47. The van der Waals surface area contributed by atoms with E-state index in [1.165, 1.54) is 12.1 Å². The Morgan fingerprint density at radius 1 is 0.879 bits per heavy atom. The third-order valence-electron chi connectivity index (χ3n) is 5.13. The number of aryl methyl sites for hydroxylation is 4. The molecule has 0 fully saturated rings. The Labute approximate surface area is 196 Å². The number of amides is 1. The van der Waals surface area contributed by atoms with Crippen molar-refractivity contribution in [2.75, 3.05) is 24.0 Å². The van der Waals surface area contributed by atoms with Gasteiger partial charge in [-0.25, -0.2) is 8.42 Å². The molecule has 3 aromatic carbocycles. The van der Waals surface area contributed by atoms with Crippen molar-refractivity contribution in [3.8, 4) is 5.75 Å². The molecule has 6 nitrogen and oxygen atoms in total. The van der Waals surface area contributed by atoms with Crippen molar-refractivity contribution in [1.29, 1.82) is 0 Å². The minimum absolute atomic E-state index is 0.135. The van der Waals surface area contributed by atoms with Crippen LogP contribution >= 0.6 is 0 Å². The van der Waals surface area contributed by atoms with Gasteiger partial charge in [-0.3, -0.25) is 9.10 Å². The van der Waals surface area contributed by atoms with Crippen LogP contribution in [0.25, 0.3) is 0 Å². The molecule has 1 amide bonds. The van der Waals surface area contributed by atoms with Gasteiger partial charge in [0.25, 0.3) is 10.0 Å². The van der Waals surface area contributed by atoms with E-state index in [0.717, 1.165) is 32.3 Å². The van der Waals surface area contributed by atoms with Gasteiger partial charge < -0.3 is 10.1 Å². The summed E-state index contributed by atoms with van der Waals surface area (Å²) in [6, 6.07) is 19.5. The van der Waals surface area contributed by atoms with Crippen LogP contribution in [-0.2, 0) is 14.8 Å². The lowest BCUT2D eigenvalue weighted by molar-refractivity contribution is -0.119. The number of carbonyl (C=O) groups is 1. The van der Waals surface area contributed by atoms with E-state index in [1.807, 2.05) is 52.0 Å². The van der Waals surface area contributed by atoms with Gasteiger partial charge in [-0.2, -0.15) is 0 Å². The minimum Gasteiger partial charge on any atom is -0.492 e. The number of nitrogens with zero attached hydrogens (tertiary/aromatic N) is 1. The van der Waals surface area contributed by atoms with E-state index < -0.39 is 15.9 Å². The molecule has 0 aliphatic rings. The average Bonchev–Trinajstić information content (AvgIpc) is 2.75. The number of carbonyl (C=O) groups excluding carboxylic acids is 1. The Bertz CT molecular complexity index is 1200. The molecule has 0 heterocycles. The van der Waals surface area contributed by atoms with Gasteiger partial charge in [0, 0.05) is 0 Å². The second-order valence-corrected chi connectivity index (χ2v) is 10.00. The summed E-state index contributed by atoms with van der Waals surface area (Å²) in [7, 11) is -3.93. The van der Waals surface area contributed by atoms with Crippen LogP contribution in [0.1, 0.15) is 22.3 Å². The maximum Gasteiger partial charge on any atom is 0.264 e. The molecule has 3 rings (SSSR count). The molecule has 0 bridgehead atoms. The van der Waals surface area contributed by atoms with E-state index in [-0.39, 0.29) is 24.6 Å². The lowest BCUT2D eigenvalue weighted by Crippen LogP contribution is -2.42. The van der Waals surface area contributed by atoms with E-state index in [4.69, 9.17) is 4.74 Å². The molecular formula is C26H30N2O4S. The molecule has 33 heavy (non-hydrogen) atoms. The number of ether oxygens (including phenoxy) is 1. The minimum atomic E-state index is -3.93. The lowest BCUT2D eigenvalue weighted by Gasteiger charge is -2.26. The first-order valence-corrected chi connectivity index (χ1v) is 12.2. The number of rotatable bonds is 9. The van der Waals surface area contributed by atoms with Crippen LogP contribution in [0.5, 0.6) is 5.75 Å². The fraction of sp³-hybridized carbons (Fsp3) is 0.269. The van der Waals surface area contributed by atoms with E-state index in [1.54, 1.807) is 24.3 Å². The SMILES string of the molecule is Cc1cc(C)cc(OCCNC(=O)CN(c2ccc(C)cc2C)S(=O)(=O)c2ccccc2)c1. The molecule has 7 heteroatoms. The molecule has 0 aromatic heterocycles. The number of anilines is 1. The van der Waals surface area contributed by atoms with Gasteiger partial charge >= 0.3 is 0 Å². The van der Waals surface area contributed by atoms with Crippen molar-refractivity contribution >= 4 is 21.6 Å². The monoisotopic (exact) mass is 466 g/mol. The van der Waals surface area contributed by atoms with Gasteiger partial charge in [-0.05, 0) is 74.7 Å². The number of nitrogens with one attached hydrogen (secondary N) is 1. The highest BCUT2D eigenvalue weighted by molar-refractivity contribution is 7.92. The van der Waals surface area contributed by atoms with Crippen molar-refractivity contribution in [3.63, 3.8) is 0 Å². The van der Waals surface area contributed by atoms with Crippen LogP contribution in [0, 0.1) is 27.7 Å². The summed E-state index contributed by atoms with van der Waals surface area (Å²) >= 11 is 0. The maximum atomic E-state index is 13.4. The molecule has 1 N–H and O–H groups in total. The molecule has 0 saturated carbocycles. The Kier molecular flexibility index (Phi) is 7.76. The molecule has 0 saturated heterocycles. The predicted molar refractivity (Wildman–Crippen MR) is 131 cm³/mol. The van der Waals surface area contributed by atoms with Gasteiger partial charge in [-0.15, -0.1) is 0 Å². The molecular weight excluding hydrogens is 436 g/mol. The summed E-state index contributed by atoms with van der Waals surface area (Å²) in [6.07, 6.45) is 0. The van der Waals surface area contributed by atoms with Crippen LogP contribution in [0.15, 0.2) is 71.6 Å². The zero-order valence-corrected chi connectivity index (χ0v) is 20.3. The van der Waals surface area contributed by atoms with Crippen molar-refractivity contribution in [1.82, 2.24) is 5.32 Å². The second-order valence-electron chi connectivity index (χ2n) is 8.14. The first kappa shape index (κ1) is 24.3. The topological polar surface area (TPSA) is 75.7 Å². The zero-order chi connectivity index (χ0) is 24.0. The number of hydrogen-bond donors (Lipinski definition) is 1. The Hall–Kier alpha value is -3.32. The number of hydrogen-bond acceptors (Lipinski definition) is 4. The highest BCUT2D eigenvalue weighted by atomic mass is 32.2. The fourth-order valence-electron chi connectivity index (χ4n) is 3.67. The first-order valence-electron chi connectivity index (χ1n) is 10.8. The Morgan fingerprint density at radius 3 is 2.18 bits per heavy atom. The summed E-state index contributed by atoms with van der Waals surface area (Å²) in [6.45, 7) is 7.99. The summed E-state index contributed by atoms with van der Waals surface area (Å²) in [5.74, 6) is 0.337. The highest BCUT2D eigenvalue weighted by Crippen LogP contribution is 2.27. The van der Waals surface area contributed by atoms with E-state index in [9.17, 15) is 13.2 Å². The zero-order valence-electron chi connectivity index (χ0n) is 19.5. The summed E-state index contributed by atoms with van der Waals surface area (Å²) in [5, 5.41) is 2.77. The van der Waals surface area contributed by atoms with E-state index in [0.29, 0.717) is 5.69 Å². The van der Waals surface area contributed by atoms with Gasteiger partial charge in [0.2, 0.25) is 5.91 Å². The Balaban J connectivity index is 1.72. The molecule has 0 unspecified atom stereocenters. The van der Waals surface area contributed by atoms with Crippen molar-refractivity contribution < 1.29 is 17.9 Å². The van der Waals surface area contributed by atoms with E-state index >= 15 is 0 Å². The van der Waals surface area contributed by atoms with Crippen LogP contribution in [0.4, 0.5) is 5.69 Å². The van der Waals surface area contributed by atoms with Crippen molar-refractivity contribution in [2.45, 2.75) is 32.6 Å². The lowest BCUT2D eigenvalue weighted by atomic mass is 10.1. The van der Waals surface area contributed by atoms with Crippen LogP contribution in [-0.4, -0.2) is 34.0 Å². The van der Waals surface area contributed by atoms with Crippen LogP contribution in [0.2, 0.25) is 0 Å². The standard InChI is InChI=1S/C26H30N2O4S/c1-19-10-11-25(22(4)15-19)28(33(30,31)24-8-6-5-7-9-24)18-26(29)27-12-13-32-23-16-20(2)14-21(3)17-23/h5-11,14-17H,12-13,18H2,1-4H3,(H,27,29). The normalized spacial score (nSPS) is 11.2. The van der Waals surface area contributed by atoms with Crippen LogP contribution < -0.4 is 14.4 Å². The molecule has 3 aromatic rings. The first-order chi connectivity index (χ1) is 15.7. The molecule has 0 aliphatic heterocycles. The van der Waals surface area contributed by atoms with Gasteiger partial charge in [0.05, 0.1) is 17.1 Å². The number of sulfonamides is 1. The number of benzene rings is 3. The molecule has 0 spiro atoms. The smallest absolute Gasteiger partial charge is 0.264 e. The third kappa shape index (κ3) is 6.35. The molecule has 0 atom stereocenters. The van der Waals surface area contributed by atoms with Gasteiger partial charge in [-0.1, -0.05) is 42.0 Å². The van der Waals surface area contributed by atoms with Crippen molar-refractivity contribution in [3.05, 3.63) is 89.0 Å². The van der Waals surface area contributed by atoms with E-state index in [2.05, 4.69) is 11.4 Å². The predicted octanol–water partition coefficient (Wildman–Crippen LogP) is 4.31. The van der Waals surface area contributed by atoms with Gasteiger partial charge in [0.1, 0.15) is 18.9 Å². The molecule has 174 valence electrons. The largest absolute Gasteiger partial charge is 0.492 e. The maximum absolute atomic E-state index is 13.4. The fourth-order valence-corrected chi connectivity index (χ4v) is 5.17. The summed E-state index contributed by atoms with van der Waals surface area (Å²) in [4.78, 5) is 12.9. The molecule has 0 aliphatic carbocycles. The third-order valence-corrected chi connectivity index (χ3v) is 6.90. The van der Waals surface area contributed by atoms with Crippen molar-refractivity contribution in [2.24, 2.45) is 0 Å². The van der Waals surface area contributed by atoms with Crippen LogP contribution in [0.3, 0.4) is 0 Å². The average molecular weight is 467 g/mol. The second kappa shape index (κ2) is 10.5.